The number of fused-ring (bicyclic) bond motifs is 2. The predicted molar refractivity (Wildman–Crippen MR) is 65.5 cm³/mol. The SMILES string of the molecule is [CH]1CN[C@@H]2Cc3c[nH]c4cccc(c34)[C@H]2C1. The molecule has 0 bridgehead atoms. The van der Waals surface area contributed by atoms with Crippen molar-refractivity contribution in [3.05, 3.63) is 41.9 Å². The monoisotopic (exact) mass is 211 g/mol. The number of nitrogens with one attached hydrogen (secondary N) is 2. The first-order valence-electron chi connectivity index (χ1n) is 6.07. The van der Waals surface area contributed by atoms with E-state index in [1.165, 1.54) is 34.9 Å². The van der Waals surface area contributed by atoms with Crippen molar-refractivity contribution in [3.8, 4) is 0 Å². The smallest absolute Gasteiger partial charge is 0.0459 e. The van der Waals surface area contributed by atoms with Crippen LogP contribution in [-0.4, -0.2) is 17.6 Å². The molecule has 2 aromatic rings. The summed E-state index contributed by atoms with van der Waals surface area (Å²) in [6.45, 7) is 1.07. The van der Waals surface area contributed by atoms with E-state index in [1.54, 1.807) is 0 Å². The molecule has 1 fully saturated rings. The van der Waals surface area contributed by atoms with Crippen LogP contribution in [0.2, 0.25) is 0 Å². The number of piperidine rings is 1. The Kier molecular flexibility index (Phi) is 1.71. The summed E-state index contributed by atoms with van der Waals surface area (Å²) in [6.07, 6.45) is 6.96. The number of aromatic nitrogens is 1. The highest BCUT2D eigenvalue weighted by molar-refractivity contribution is 5.88. The van der Waals surface area contributed by atoms with Gasteiger partial charge in [0.25, 0.3) is 0 Å². The van der Waals surface area contributed by atoms with E-state index in [0.29, 0.717) is 12.0 Å². The van der Waals surface area contributed by atoms with Gasteiger partial charge in [-0.25, -0.2) is 0 Å². The number of hydrogen-bond donors (Lipinski definition) is 2. The molecule has 1 aromatic carbocycles. The standard InChI is InChI=1S/C14H15N2/c1-3-11-10-4-2-6-15-13(10)7-9-8-16-12(5-1)14(9)11/h1-3,5,8,10,13,15-16H,4,6-7H2/t10-,13-/m1/s1. The zero-order valence-electron chi connectivity index (χ0n) is 9.16. The molecule has 1 saturated heterocycles. The maximum atomic E-state index is 3.63. The Bertz CT molecular complexity index is 541. The van der Waals surface area contributed by atoms with Gasteiger partial charge >= 0.3 is 0 Å². The third-order valence-corrected chi connectivity index (χ3v) is 4.09. The van der Waals surface area contributed by atoms with Crippen molar-refractivity contribution < 1.29 is 0 Å². The van der Waals surface area contributed by atoms with E-state index < -0.39 is 0 Å². The van der Waals surface area contributed by atoms with E-state index in [2.05, 4.69) is 41.1 Å². The van der Waals surface area contributed by atoms with Crippen molar-refractivity contribution in [3.63, 3.8) is 0 Å². The van der Waals surface area contributed by atoms with Gasteiger partial charge in [-0.15, -0.1) is 0 Å². The fourth-order valence-electron chi connectivity index (χ4n) is 3.36. The molecule has 0 unspecified atom stereocenters. The predicted octanol–water partition coefficient (Wildman–Crippen LogP) is 2.37. The topological polar surface area (TPSA) is 27.8 Å². The third-order valence-electron chi connectivity index (χ3n) is 4.09. The molecule has 4 rings (SSSR count). The van der Waals surface area contributed by atoms with Gasteiger partial charge in [0.15, 0.2) is 0 Å². The van der Waals surface area contributed by atoms with Gasteiger partial charge in [0.05, 0.1) is 0 Å². The number of H-pyrrole nitrogens is 1. The van der Waals surface area contributed by atoms with E-state index in [1.807, 2.05) is 0 Å². The number of rotatable bonds is 0. The van der Waals surface area contributed by atoms with Crippen LogP contribution in [0.4, 0.5) is 0 Å². The number of benzene rings is 1. The van der Waals surface area contributed by atoms with E-state index in [-0.39, 0.29) is 0 Å². The van der Waals surface area contributed by atoms with Gasteiger partial charge in [0.1, 0.15) is 0 Å². The lowest BCUT2D eigenvalue weighted by atomic mass is 9.76. The van der Waals surface area contributed by atoms with Crippen molar-refractivity contribution in [1.82, 2.24) is 10.3 Å². The van der Waals surface area contributed by atoms with Crippen LogP contribution in [-0.2, 0) is 6.42 Å². The molecule has 0 amide bonds. The van der Waals surface area contributed by atoms with E-state index in [4.69, 9.17) is 0 Å². The molecule has 2 heteroatoms. The first-order valence-corrected chi connectivity index (χ1v) is 6.07. The Morgan fingerprint density at radius 1 is 1.25 bits per heavy atom. The van der Waals surface area contributed by atoms with Crippen LogP contribution >= 0.6 is 0 Å². The summed E-state index contributed by atoms with van der Waals surface area (Å²) in [5.74, 6) is 0.681. The number of aromatic amines is 1. The first-order chi connectivity index (χ1) is 7.93. The summed E-state index contributed by atoms with van der Waals surface area (Å²) in [4.78, 5) is 3.39. The third kappa shape index (κ3) is 1.05. The van der Waals surface area contributed by atoms with Gasteiger partial charge in [-0.3, -0.25) is 0 Å². The fourth-order valence-corrected chi connectivity index (χ4v) is 3.36. The average molecular weight is 211 g/mol. The molecule has 0 saturated carbocycles. The molecule has 1 aromatic heterocycles. The van der Waals surface area contributed by atoms with Crippen molar-refractivity contribution >= 4 is 10.9 Å². The molecule has 2 N–H and O–H groups in total. The van der Waals surface area contributed by atoms with Gasteiger partial charge < -0.3 is 10.3 Å². The van der Waals surface area contributed by atoms with E-state index in [9.17, 15) is 0 Å². The minimum atomic E-state index is 0.638. The van der Waals surface area contributed by atoms with Gasteiger partial charge in [0, 0.05) is 29.1 Å². The number of hydrogen-bond acceptors (Lipinski definition) is 1. The Hall–Kier alpha value is -1.28. The van der Waals surface area contributed by atoms with Crippen LogP contribution in [0.1, 0.15) is 23.5 Å². The zero-order valence-corrected chi connectivity index (χ0v) is 9.16. The van der Waals surface area contributed by atoms with Crippen molar-refractivity contribution in [1.29, 1.82) is 0 Å². The summed E-state index contributed by atoms with van der Waals surface area (Å²) in [7, 11) is 0. The average Bonchev–Trinajstić information content (AvgIpc) is 2.75. The molecular formula is C14H15N2. The first kappa shape index (κ1) is 8.82. The van der Waals surface area contributed by atoms with Crippen LogP contribution < -0.4 is 5.32 Å². The highest BCUT2D eigenvalue weighted by atomic mass is 14.9. The minimum absolute atomic E-state index is 0.638. The summed E-state index contributed by atoms with van der Waals surface area (Å²) in [6, 6.07) is 7.30. The van der Waals surface area contributed by atoms with Gasteiger partial charge in [-0.05, 0) is 43.0 Å². The lowest BCUT2D eigenvalue weighted by Gasteiger charge is -2.36. The lowest BCUT2D eigenvalue weighted by molar-refractivity contribution is 0.390. The van der Waals surface area contributed by atoms with Gasteiger partial charge in [-0.1, -0.05) is 12.1 Å². The fraction of sp³-hybridized carbons (Fsp3) is 0.357. The highest BCUT2D eigenvalue weighted by Gasteiger charge is 2.32. The molecule has 2 atom stereocenters. The second-order valence-electron chi connectivity index (χ2n) is 4.93. The summed E-state index contributed by atoms with van der Waals surface area (Å²) in [5.41, 5.74) is 4.33. The van der Waals surface area contributed by atoms with Gasteiger partial charge in [0.2, 0.25) is 0 Å². The Morgan fingerprint density at radius 2 is 2.25 bits per heavy atom. The van der Waals surface area contributed by atoms with E-state index >= 15 is 0 Å². The Balaban J connectivity index is 1.98. The lowest BCUT2D eigenvalue weighted by Crippen LogP contribution is -2.43. The second-order valence-corrected chi connectivity index (χ2v) is 4.93. The normalized spacial score (nSPS) is 28.0. The van der Waals surface area contributed by atoms with Crippen LogP contribution in [0.25, 0.3) is 10.9 Å². The molecule has 2 aliphatic rings. The molecule has 1 aliphatic carbocycles. The molecule has 1 radical (unpaired) electrons. The molecule has 16 heavy (non-hydrogen) atoms. The highest BCUT2D eigenvalue weighted by Crippen LogP contribution is 2.40. The van der Waals surface area contributed by atoms with Crippen molar-refractivity contribution in [2.24, 2.45) is 0 Å². The van der Waals surface area contributed by atoms with E-state index in [0.717, 1.165) is 6.54 Å². The summed E-state index contributed by atoms with van der Waals surface area (Å²) in [5, 5.41) is 5.11. The van der Waals surface area contributed by atoms with Gasteiger partial charge in [-0.2, -0.15) is 0 Å². The minimum Gasteiger partial charge on any atom is -0.361 e. The summed E-state index contributed by atoms with van der Waals surface area (Å²) < 4.78 is 0. The molecule has 81 valence electrons. The second kappa shape index (κ2) is 3.11. The molecule has 0 spiro atoms. The Labute approximate surface area is 95.1 Å². The van der Waals surface area contributed by atoms with Crippen molar-refractivity contribution in [2.75, 3.05) is 6.54 Å². The molecule has 2 heterocycles. The zero-order chi connectivity index (χ0) is 10.5. The van der Waals surface area contributed by atoms with Crippen LogP contribution in [0, 0.1) is 6.42 Å². The molecular weight excluding hydrogens is 196 g/mol. The largest absolute Gasteiger partial charge is 0.361 e. The maximum absolute atomic E-state index is 3.63. The van der Waals surface area contributed by atoms with Crippen LogP contribution in [0.3, 0.4) is 0 Å². The summed E-state index contributed by atoms with van der Waals surface area (Å²) >= 11 is 0. The van der Waals surface area contributed by atoms with Crippen molar-refractivity contribution in [2.45, 2.75) is 24.8 Å². The van der Waals surface area contributed by atoms with Crippen LogP contribution in [0.5, 0.6) is 0 Å². The van der Waals surface area contributed by atoms with Crippen LogP contribution in [0.15, 0.2) is 24.4 Å². The Morgan fingerprint density at radius 3 is 3.25 bits per heavy atom. The maximum Gasteiger partial charge on any atom is 0.0459 e. The quantitative estimate of drug-likeness (QED) is 0.688. The molecule has 1 aliphatic heterocycles. The molecule has 2 nitrogen and oxygen atoms in total.